The SMILES string of the molecule is Cc1cn(C2CN(C(c3ccccc3)(c3ccccc3)c3ccccc3)CC(C3(C)CNCCN3N3CCNCC3)O2)c(=O)[nH]c1=O. The summed E-state index contributed by atoms with van der Waals surface area (Å²) in [6.45, 7) is 11.3. The van der Waals surface area contributed by atoms with Crippen LogP contribution in [0, 0.1) is 6.92 Å². The molecule has 0 radical (unpaired) electrons. The van der Waals surface area contributed by atoms with E-state index >= 15 is 0 Å². The Morgan fingerprint density at radius 2 is 1.32 bits per heavy atom. The molecule has 7 rings (SSSR count). The van der Waals surface area contributed by atoms with Crippen LogP contribution in [0.25, 0.3) is 0 Å². The monoisotopic (exact) mass is 635 g/mol. The molecule has 0 bridgehead atoms. The summed E-state index contributed by atoms with van der Waals surface area (Å²) >= 11 is 0. The van der Waals surface area contributed by atoms with Crippen molar-refractivity contribution in [3.63, 3.8) is 0 Å². The first kappa shape index (κ1) is 31.7. The van der Waals surface area contributed by atoms with Crippen molar-refractivity contribution in [2.75, 3.05) is 58.9 Å². The molecule has 1 aromatic heterocycles. The molecule has 3 aliphatic rings. The summed E-state index contributed by atoms with van der Waals surface area (Å²) in [5, 5.41) is 12.2. The van der Waals surface area contributed by atoms with E-state index in [4.69, 9.17) is 4.74 Å². The Morgan fingerprint density at radius 3 is 1.89 bits per heavy atom. The molecule has 47 heavy (non-hydrogen) atoms. The van der Waals surface area contributed by atoms with E-state index < -0.39 is 23.0 Å². The molecule has 3 N–H and O–H groups in total. The molecule has 3 fully saturated rings. The lowest BCUT2D eigenvalue weighted by atomic mass is 9.74. The summed E-state index contributed by atoms with van der Waals surface area (Å²) < 4.78 is 8.70. The Morgan fingerprint density at radius 1 is 0.766 bits per heavy atom. The maximum Gasteiger partial charge on any atom is 0.330 e. The smallest absolute Gasteiger partial charge is 0.330 e. The van der Waals surface area contributed by atoms with Crippen molar-refractivity contribution in [3.05, 3.63) is 140 Å². The van der Waals surface area contributed by atoms with Crippen LogP contribution >= 0.6 is 0 Å². The highest BCUT2D eigenvalue weighted by atomic mass is 16.5. The third kappa shape index (κ3) is 5.79. The molecule has 3 saturated heterocycles. The van der Waals surface area contributed by atoms with Crippen LogP contribution in [-0.2, 0) is 10.3 Å². The number of aromatic amines is 1. The van der Waals surface area contributed by atoms with Crippen LogP contribution in [0.15, 0.2) is 107 Å². The lowest BCUT2D eigenvalue weighted by molar-refractivity contribution is -0.225. The van der Waals surface area contributed by atoms with Crippen molar-refractivity contribution in [2.45, 2.75) is 37.3 Å². The van der Waals surface area contributed by atoms with E-state index in [-0.39, 0.29) is 11.7 Å². The number of nitrogens with zero attached hydrogens (tertiary/aromatic N) is 4. The zero-order valence-electron chi connectivity index (χ0n) is 27.3. The van der Waals surface area contributed by atoms with Crippen LogP contribution in [-0.4, -0.2) is 95.0 Å². The Kier molecular flexibility index (Phi) is 8.97. The highest BCUT2D eigenvalue weighted by molar-refractivity contribution is 5.50. The van der Waals surface area contributed by atoms with Gasteiger partial charge in [-0.05, 0) is 30.5 Å². The third-order valence-electron chi connectivity index (χ3n) is 10.3. The number of aryl methyl sites for hydroxylation is 1. The highest BCUT2D eigenvalue weighted by Crippen LogP contribution is 2.46. The Balaban J connectivity index is 1.43. The van der Waals surface area contributed by atoms with Gasteiger partial charge in [-0.15, -0.1) is 0 Å². The molecular weight excluding hydrogens is 590 g/mol. The van der Waals surface area contributed by atoms with Crippen molar-refractivity contribution in [3.8, 4) is 0 Å². The molecule has 10 nitrogen and oxygen atoms in total. The minimum Gasteiger partial charge on any atom is -0.350 e. The van der Waals surface area contributed by atoms with Crippen LogP contribution in [0.5, 0.6) is 0 Å². The van der Waals surface area contributed by atoms with Crippen LogP contribution in [0.1, 0.15) is 35.4 Å². The number of rotatable bonds is 7. The maximum atomic E-state index is 13.5. The molecule has 0 amide bonds. The largest absolute Gasteiger partial charge is 0.350 e. The summed E-state index contributed by atoms with van der Waals surface area (Å²) in [4.78, 5) is 31.0. The fraction of sp³-hybridized carbons (Fsp3) is 0.405. The number of H-pyrrole nitrogens is 1. The average Bonchev–Trinajstić information content (AvgIpc) is 3.12. The topological polar surface area (TPSA) is 97.9 Å². The van der Waals surface area contributed by atoms with E-state index in [1.807, 2.05) is 0 Å². The first-order valence-corrected chi connectivity index (χ1v) is 16.7. The van der Waals surface area contributed by atoms with Gasteiger partial charge in [0.1, 0.15) is 0 Å². The van der Waals surface area contributed by atoms with E-state index in [9.17, 15) is 9.59 Å². The number of hydrogen-bond donors (Lipinski definition) is 3. The number of benzene rings is 3. The molecular formula is C37H45N7O3. The fourth-order valence-electron chi connectivity index (χ4n) is 7.91. The Labute approximate surface area is 275 Å². The lowest BCUT2D eigenvalue weighted by Crippen LogP contribution is -2.74. The Hall–Kier alpha value is -3.90. The number of morpholine rings is 1. The Bertz CT molecular complexity index is 1660. The van der Waals surface area contributed by atoms with Crippen molar-refractivity contribution in [1.29, 1.82) is 0 Å². The minimum atomic E-state index is -0.705. The summed E-state index contributed by atoms with van der Waals surface area (Å²) in [5.74, 6) is 0. The fourth-order valence-corrected chi connectivity index (χ4v) is 7.91. The van der Waals surface area contributed by atoms with Gasteiger partial charge < -0.3 is 15.4 Å². The number of piperazine rings is 2. The molecule has 0 aliphatic carbocycles. The summed E-state index contributed by atoms with van der Waals surface area (Å²) in [6.07, 6.45) is 0.687. The number of nitrogens with one attached hydrogen (secondary N) is 3. The molecule has 0 spiro atoms. The summed E-state index contributed by atoms with van der Waals surface area (Å²) in [5.41, 5.74) is 1.88. The average molecular weight is 636 g/mol. The van der Waals surface area contributed by atoms with Gasteiger partial charge in [-0.2, -0.15) is 0 Å². The quantitative estimate of drug-likeness (QED) is 0.267. The van der Waals surface area contributed by atoms with E-state index in [1.165, 1.54) is 0 Å². The van der Waals surface area contributed by atoms with Crippen molar-refractivity contribution in [1.82, 2.24) is 35.1 Å². The zero-order chi connectivity index (χ0) is 32.4. The molecule has 0 saturated carbocycles. The van der Waals surface area contributed by atoms with Gasteiger partial charge in [0.05, 0.1) is 17.2 Å². The van der Waals surface area contributed by atoms with Crippen LogP contribution in [0.2, 0.25) is 0 Å². The predicted molar refractivity (Wildman–Crippen MR) is 183 cm³/mol. The molecule has 3 aromatic carbocycles. The van der Waals surface area contributed by atoms with Crippen LogP contribution in [0.4, 0.5) is 0 Å². The van der Waals surface area contributed by atoms with Crippen LogP contribution in [0.3, 0.4) is 0 Å². The van der Waals surface area contributed by atoms with Gasteiger partial charge >= 0.3 is 5.69 Å². The lowest BCUT2D eigenvalue weighted by Gasteiger charge is -2.58. The van der Waals surface area contributed by atoms with Gasteiger partial charge in [0.2, 0.25) is 0 Å². The molecule has 3 atom stereocenters. The molecule has 246 valence electrons. The molecule has 10 heteroatoms. The minimum absolute atomic E-state index is 0.307. The second-order valence-corrected chi connectivity index (χ2v) is 13.1. The van der Waals surface area contributed by atoms with Crippen molar-refractivity contribution >= 4 is 0 Å². The summed E-state index contributed by atoms with van der Waals surface area (Å²) in [7, 11) is 0. The molecule has 4 heterocycles. The first-order chi connectivity index (χ1) is 22.9. The second-order valence-electron chi connectivity index (χ2n) is 13.1. The molecule has 3 unspecified atom stereocenters. The van der Waals surface area contributed by atoms with E-state index in [1.54, 1.807) is 17.7 Å². The van der Waals surface area contributed by atoms with Gasteiger partial charge in [-0.3, -0.25) is 19.2 Å². The number of hydrazine groups is 1. The number of hydrogen-bond acceptors (Lipinski definition) is 8. The standard InChI is InChI=1S/C37H45N7O3/c1-28-24-43(35(46)40-34(28)45)33-26-41(25-32(47-33)36(2)27-39-20-23-44(36)42-21-18-38-19-22-42)37(29-12-6-3-7-13-29,30-14-8-4-9-15-30)31-16-10-5-11-17-31/h3-17,24,32-33,38-39H,18-23,25-27H2,1-2H3,(H,40,45,46). The molecule has 3 aliphatic heterocycles. The highest BCUT2D eigenvalue weighted by Gasteiger charge is 2.53. The third-order valence-corrected chi connectivity index (χ3v) is 10.3. The first-order valence-electron chi connectivity index (χ1n) is 16.7. The van der Waals surface area contributed by atoms with Gasteiger partial charge in [-0.1, -0.05) is 91.0 Å². The van der Waals surface area contributed by atoms with E-state index in [0.29, 0.717) is 18.7 Å². The van der Waals surface area contributed by atoms with E-state index in [2.05, 4.69) is 128 Å². The van der Waals surface area contributed by atoms with Gasteiger partial charge in [0.25, 0.3) is 5.56 Å². The predicted octanol–water partition coefficient (Wildman–Crippen LogP) is 2.52. The van der Waals surface area contributed by atoms with Crippen molar-refractivity contribution in [2.24, 2.45) is 0 Å². The molecule has 4 aromatic rings. The zero-order valence-corrected chi connectivity index (χ0v) is 27.3. The summed E-state index contributed by atoms with van der Waals surface area (Å²) in [6, 6.07) is 31.9. The van der Waals surface area contributed by atoms with Gasteiger partial charge in [-0.25, -0.2) is 14.8 Å². The van der Waals surface area contributed by atoms with Gasteiger partial charge in [0.15, 0.2) is 6.23 Å². The van der Waals surface area contributed by atoms with Gasteiger partial charge in [0, 0.05) is 70.7 Å². The van der Waals surface area contributed by atoms with E-state index in [0.717, 1.165) is 62.5 Å². The maximum absolute atomic E-state index is 13.5. The van der Waals surface area contributed by atoms with Crippen molar-refractivity contribution < 1.29 is 4.74 Å². The second kappa shape index (κ2) is 13.3. The number of aromatic nitrogens is 2. The normalized spacial score (nSPS) is 25.1. The number of ether oxygens (including phenoxy) is 1. The van der Waals surface area contributed by atoms with Crippen LogP contribution < -0.4 is 21.9 Å².